The molecular formula is C20H16F3N5O4S. The summed E-state index contributed by atoms with van der Waals surface area (Å²) in [6.45, 7) is 0.0174. The molecule has 0 fully saturated rings. The number of amides is 1. The van der Waals surface area contributed by atoms with Gasteiger partial charge in [-0.15, -0.1) is 13.2 Å². The number of imidazole rings is 1. The minimum absolute atomic E-state index is 0.0174. The molecule has 13 heteroatoms. The van der Waals surface area contributed by atoms with Crippen LogP contribution in [0, 0.1) is 0 Å². The highest BCUT2D eigenvalue weighted by Gasteiger charge is 2.31. The SMILES string of the molecule is CS(=O)(=O)n1ccc(C(=O)NCc2nc3ccc(-c4cccc(OC(F)(F)F)c4)nc3[nH]2)c1. The van der Waals surface area contributed by atoms with Crippen molar-refractivity contribution in [3.05, 3.63) is 66.2 Å². The normalized spacial score (nSPS) is 12.1. The van der Waals surface area contributed by atoms with Gasteiger partial charge in [0.1, 0.15) is 17.1 Å². The number of aromatic nitrogens is 4. The van der Waals surface area contributed by atoms with Gasteiger partial charge in [-0.2, -0.15) is 0 Å². The fourth-order valence-electron chi connectivity index (χ4n) is 3.02. The van der Waals surface area contributed by atoms with Crippen molar-refractivity contribution in [1.82, 2.24) is 24.2 Å². The number of halogens is 3. The molecule has 3 heterocycles. The molecule has 2 N–H and O–H groups in total. The molecule has 0 bridgehead atoms. The maximum Gasteiger partial charge on any atom is 0.573 e. The number of pyridine rings is 1. The number of H-pyrrole nitrogens is 1. The average Bonchev–Trinajstić information content (AvgIpc) is 3.37. The number of ether oxygens (including phenoxy) is 1. The first-order chi connectivity index (χ1) is 15.5. The molecule has 0 saturated carbocycles. The summed E-state index contributed by atoms with van der Waals surface area (Å²) < 4.78 is 65.3. The van der Waals surface area contributed by atoms with Crippen LogP contribution in [0.15, 0.2) is 54.9 Å². The first-order valence-corrected chi connectivity index (χ1v) is 11.2. The summed E-state index contributed by atoms with van der Waals surface area (Å²) in [5.74, 6) is -0.465. The second kappa shape index (κ2) is 8.24. The van der Waals surface area contributed by atoms with Crippen molar-refractivity contribution >= 4 is 27.1 Å². The van der Waals surface area contributed by atoms with Crippen LogP contribution in [-0.4, -0.2) is 45.9 Å². The molecule has 172 valence electrons. The van der Waals surface area contributed by atoms with E-state index in [1.165, 1.54) is 36.7 Å². The molecular weight excluding hydrogens is 463 g/mol. The minimum Gasteiger partial charge on any atom is -0.406 e. The summed E-state index contributed by atoms with van der Waals surface area (Å²) in [4.78, 5) is 23.9. The molecule has 1 amide bonds. The van der Waals surface area contributed by atoms with Gasteiger partial charge in [-0.25, -0.2) is 18.4 Å². The molecule has 9 nitrogen and oxygen atoms in total. The molecule has 0 aliphatic carbocycles. The van der Waals surface area contributed by atoms with Crippen LogP contribution >= 0.6 is 0 Å². The number of nitrogens with zero attached hydrogens (tertiary/aromatic N) is 3. The van der Waals surface area contributed by atoms with Crippen LogP contribution in [0.4, 0.5) is 13.2 Å². The molecule has 0 aliphatic heterocycles. The highest BCUT2D eigenvalue weighted by atomic mass is 32.2. The van der Waals surface area contributed by atoms with Gasteiger partial charge in [-0.05, 0) is 30.3 Å². The summed E-state index contributed by atoms with van der Waals surface area (Å²) in [5, 5.41) is 2.62. The van der Waals surface area contributed by atoms with Gasteiger partial charge in [-0.1, -0.05) is 12.1 Å². The van der Waals surface area contributed by atoms with Crippen molar-refractivity contribution in [1.29, 1.82) is 0 Å². The smallest absolute Gasteiger partial charge is 0.406 e. The van der Waals surface area contributed by atoms with E-state index in [2.05, 4.69) is 25.0 Å². The van der Waals surface area contributed by atoms with Gasteiger partial charge in [0, 0.05) is 18.0 Å². The summed E-state index contributed by atoms with van der Waals surface area (Å²) in [6.07, 6.45) is -1.31. The van der Waals surface area contributed by atoms with Crippen LogP contribution in [0.3, 0.4) is 0 Å². The average molecular weight is 479 g/mol. The van der Waals surface area contributed by atoms with Gasteiger partial charge in [0.15, 0.2) is 5.65 Å². The lowest BCUT2D eigenvalue weighted by Crippen LogP contribution is -2.23. The van der Waals surface area contributed by atoms with Crippen molar-refractivity contribution in [3.8, 4) is 17.0 Å². The number of rotatable bonds is 6. The van der Waals surface area contributed by atoms with Gasteiger partial charge >= 0.3 is 6.36 Å². The molecule has 4 rings (SSSR count). The van der Waals surface area contributed by atoms with Crippen LogP contribution in [0.25, 0.3) is 22.4 Å². The van der Waals surface area contributed by atoms with E-state index < -0.39 is 22.3 Å². The van der Waals surface area contributed by atoms with E-state index in [-0.39, 0.29) is 17.9 Å². The Morgan fingerprint density at radius 1 is 1.18 bits per heavy atom. The van der Waals surface area contributed by atoms with Crippen LogP contribution in [-0.2, 0) is 16.6 Å². The summed E-state index contributed by atoms with van der Waals surface area (Å²) in [7, 11) is -3.49. The Bertz CT molecular complexity index is 1440. The molecule has 0 saturated heterocycles. The van der Waals surface area contributed by atoms with Crippen LogP contribution in [0.1, 0.15) is 16.2 Å². The first-order valence-electron chi connectivity index (χ1n) is 9.36. The monoisotopic (exact) mass is 479 g/mol. The van der Waals surface area contributed by atoms with E-state index in [1.807, 2.05) is 0 Å². The number of nitrogens with one attached hydrogen (secondary N) is 2. The van der Waals surface area contributed by atoms with Crippen molar-refractivity contribution in [2.75, 3.05) is 6.26 Å². The standard InChI is InChI=1S/C20H16F3N5O4S/c1-33(30,31)28-8-7-13(11-28)19(29)24-10-17-25-16-6-5-15(26-18(16)27-17)12-3-2-4-14(9-12)32-20(21,22)23/h2-9,11H,10H2,1H3,(H,24,29)(H,25,26,27). The van der Waals surface area contributed by atoms with Crippen LogP contribution < -0.4 is 10.1 Å². The maximum atomic E-state index is 12.5. The van der Waals surface area contributed by atoms with Crippen LogP contribution in [0.5, 0.6) is 5.75 Å². The summed E-state index contributed by atoms with van der Waals surface area (Å²) in [5.41, 5.74) is 1.85. The highest BCUT2D eigenvalue weighted by molar-refractivity contribution is 7.89. The Kier molecular flexibility index (Phi) is 5.57. The number of carbonyl (C=O) groups excluding carboxylic acids is 1. The van der Waals surface area contributed by atoms with E-state index in [0.717, 1.165) is 10.2 Å². The van der Waals surface area contributed by atoms with E-state index in [4.69, 9.17) is 0 Å². The zero-order chi connectivity index (χ0) is 23.8. The van der Waals surface area contributed by atoms with Gasteiger partial charge in [-0.3, -0.25) is 8.77 Å². The zero-order valence-corrected chi connectivity index (χ0v) is 17.7. The molecule has 33 heavy (non-hydrogen) atoms. The highest BCUT2D eigenvalue weighted by Crippen LogP contribution is 2.28. The second-order valence-corrected chi connectivity index (χ2v) is 8.89. The molecule has 4 aromatic rings. The number of hydrogen-bond donors (Lipinski definition) is 2. The predicted molar refractivity (Wildman–Crippen MR) is 112 cm³/mol. The Morgan fingerprint density at radius 3 is 2.67 bits per heavy atom. The van der Waals surface area contributed by atoms with Gasteiger partial charge in [0.2, 0.25) is 10.0 Å². The van der Waals surface area contributed by atoms with E-state index in [0.29, 0.717) is 28.2 Å². The molecule has 0 radical (unpaired) electrons. The van der Waals surface area contributed by atoms with Crippen molar-refractivity contribution in [2.24, 2.45) is 0 Å². The lowest BCUT2D eigenvalue weighted by atomic mass is 10.1. The molecule has 0 spiro atoms. The largest absolute Gasteiger partial charge is 0.573 e. The maximum absolute atomic E-state index is 12.5. The fourth-order valence-corrected chi connectivity index (χ4v) is 3.61. The Labute approximate surface area is 185 Å². The molecule has 0 aliphatic rings. The first kappa shape index (κ1) is 22.3. The second-order valence-electron chi connectivity index (χ2n) is 7.00. The van der Waals surface area contributed by atoms with Crippen molar-refractivity contribution in [3.63, 3.8) is 0 Å². The van der Waals surface area contributed by atoms with Crippen molar-refractivity contribution < 1.29 is 31.1 Å². The number of benzene rings is 1. The third kappa shape index (κ3) is 5.31. The topological polar surface area (TPSA) is 119 Å². The number of aromatic amines is 1. The number of carbonyl (C=O) groups is 1. The van der Waals surface area contributed by atoms with Crippen LogP contribution in [0.2, 0.25) is 0 Å². The Morgan fingerprint density at radius 2 is 1.97 bits per heavy atom. The number of hydrogen-bond acceptors (Lipinski definition) is 6. The molecule has 0 atom stereocenters. The molecule has 1 aromatic carbocycles. The third-order valence-corrected chi connectivity index (χ3v) is 5.48. The predicted octanol–water partition coefficient (Wildman–Crippen LogP) is 3.06. The van der Waals surface area contributed by atoms with E-state index in [9.17, 15) is 26.4 Å². The van der Waals surface area contributed by atoms with E-state index in [1.54, 1.807) is 18.2 Å². The lowest BCUT2D eigenvalue weighted by Gasteiger charge is -2.09. The lowest BCUT2D eigenvalue weighted by molar-refractivity contribution is -0.274. The number of alkyl halides is 3. The molecule has 0 unspecified atom stereocenters. The third-order valence-electron chi connectivity index (χ3n) is 4.48. The van der Waals surface area contributed by atoms with Gasteiger partial charge < -0.3 is 15.0 Å². The minimum atomic E-state index is -4.80. The van der Waals surface area contributed by atoms with Gasteiger partial charge in [0.05, 0.1) is 24.1 Å². The van der Waals surface area contributed by atoms with E-state index >= 15 is 0 Å². The number of fused-ring (bicyclic) bond motifs is 1. The summed E-state index contributed by atoms with van der Waals surface area (Å²) >= 11 is 0. The summed E-state index contributed by atoms with van der Waals surface area (Å²) in [6, 6.07) is 10.1. The Hall–Kier alpha value is -3.87. The molecule has 3 aromatic heterocycles. The zero-order valence-electron chi connectivity index (χ0n) is 16.9. The van der Waals surface area contributed by atoms with Crippen molar-refractivity contribution in [2.45, 2.75) is 12.9 Å². The fraction of sp³-hybridized carbons (Fsp3) is 0.150. The van der Waals surface area contributed by atoms with Gasteiger partial charge in [0.25, 0.3) is 5.91 Å². The Balaban J connectivity index is 1.49. The quantitative estimate of drug-likeness (QED) is 0.439.